The molecule has 3 heteroatoms. The maximum atomic E-state index is 5.33. The molecule has 1 aromatic carbocycles. The summed E-state index contributed by atoms with van der Waals surface area (Å²) < 4.78 is 7.19. The SMILES string of the molecule is COC(C)c1ccccc1-n1cccn1. The first kappa shape index (κ1) is 9.93. The lowest BCUT2D eigenvalue weighted by atomic mass is 10.1. The van der Waals surface area contributed by atoms with Gasteiger partial charge in [0.25, 0.3) is 0 Å². The Morgan fingerprint density at radius 3 is 2.73 bits per heavy atom. The van der Waals surface area contributed by atoms with Gasteiger partial charge in [0, 0.05) is 25.1 Å². The molecule has 0 aliphatic carbocycles. The van der Waals surface area contributed by atoms with E-state index in [4.69, 9.17) is 4.74 Å². The third kappa shape index (κ3) is 1.92. The minimum Gasteiger partial charge on any atom is -0.377 e. The molecule has 0 spiro atoms. The predicted octanol–water partition coefficient (Wildman–Crippen LogP) is 2.58. The molecule has 0 aliphatic rings. The van der Waals surface area contributed by atoms with Gasteiger partial charge < -0.3 is 4.74 Å². The highest BCUT2D eigenvalue weighted by Crippen LogP contribution is 2.22. The van der Waals surface area contributed by atoms with Gasteiger partial charge in [0.2, 0.25) is 0 Å². The predicted molar refractivity (Wildman–Crippen MR) is 59.0 cm³/mol. The zero-order valence-electron chi connectivity index (χ0n) is 8.92. The first-order valence-corrected chi connectivity index (χ1v) is 4.94. The Hall–Kier alpha value is -1.61. The Morgan fingerprint density at radius 2 is 2.07 bits per heavy atom. The Bertz CT molecular complexity index is 423. The van der Waals surface area contributed by atoms with Crippen molar-refractivity contribution >= 4 is 0 Å². The van der Waals surface area contributed by atoms with Crippen LogP contribution in [0.15, 0.2) is 42.7 Å². The third-order valence-electron chi connectivity index (χ3n) is 2.48. The van der Waals surface area contributed by atoms with Crippen LogP contribution in [0.5, 0.6) is 0 Å². The number of rotatable bonds is 3. The highest BCUT2D eigenvalue weighted by molar-refractivity contribution is 5.41. The molecule has 1 atom stereocenters. The summed E-state index contributed by atoms with van der Waals surface area (Å²) in [6, 6.07) is 10.0. The van der Waals surface area contributed by atoms with Gasteiger partial charge in [-0.3, -0.25) is 0 Å². The van der Waals surface area contributed by atoms with Crippen molar-refractivity contribution in [3.63, 3.8) is 0 Å². The van der Waals surface area contributed by atoms with Crippen LogP contribution in [0.2, 0.25) is 0 Å². The lowest BCUT2D eigenvalue weighted by molar-refractivity contribution is 0.119. The van der Waals surface area contributed by atoms with E-state index in [1.807, 2.05) is 42.1 Å². The number of para-hydroxylation sites is 1. The number of methoxy groups -OCH3 is 1. The van der Waals surface area contributed by atoms with Gasteiger partial charge in [-0.1, -0.05) is 18.2 Å². The molecule has 3 nitrogen and oxygen atoms in total. The molecule has 2 rings (SSSR count). The zero-order chi connectivity index (χ0) is 10.7. The number of ether oxygens (including phenoxy) is 1. The molecule has 2 aromatic rings. The normalized spacial score (nSPS) is 12.7. The second-order valence-corrected chi connectivity index (χ2v) is 3.39. The molecule has 0 saturated heterocycles. The number of aromatic nitrogens is 2. The fourth-order valence-electron chi connectivity index (χ4n) is 1.58. The van der Waals surface area contributed by atoms with Gasteiger partial charge in [-0.05, 0) is 19.1 Å². The highest BCUT2D eigenvalue weighted by Gasteiger charge is 2.10. The molecule has 1 aromatic heterocycles. The summed E-state index contributed by atoms with van der Waals surface area (Å²) >= 11 is 0. The number of benzene rings is 1. The molecule has 0 saturated carbocycles. The van der Waals surface area contributed by atoms with Crippen LogP contribution in [0.1, 0.15) is 18.6 Å². The molecule has 15 heavy (non-hydrogen) atoms. The molecule has 78 valence electrons. The van der Waals surface area contributed by atoms with Crippen molar-refractivity contribution in [2.24, 2.45) is 0 Å². The van der Waals surface area contributed by atoms with Crippen LogP contribution in [0, 0.1) is 0 Å². The van der Waals surface area contributed by atoms with Crippen LogP contribution in [-0.2, 0) is 4.74 Å². The van der Waals surface area contributed by atoms with Crippen molar-refractivity contribution in [1.82, 2.24) is 9.78 Å². The minimum atomic E-state index is 0.0744. The Labute approximate surface area is 89.3 Å². The van der Waals surface area contributed by atoms with Crippen molar-refractivity contribution in [3.05, 3.63) is 48.3 Å². The van der Waals surface area contributed by atoms with E-state index in [9.17, 15) is 0 Å². The fraction of sp³-hybridized carbons (Fsp3) is 0.250. The molecule has 1 unspecified atom stereocenters. The highest BCUT2D eigenvalue weighted by atomic mass is 16.5. The average molecular weight is 202 g/mol. The molecule has 1 heterocycles. The maximum absolute atomic E-state index is 5.33. The van der Waals surface area contributed by atoms with Gasteiger partial charge in [-0.2, -0.15) is 5.10 Å². The second-order valence-electron chi connectivity index (χ2n) is 3.39. The molecule has 0 radical (unpaired) electrons. The molecular weight excluding hydrogens is 188 g/mol. The summed E-state index contributed by atoms with van der Waals surface area (Å²) in [6.45, 7) is 2.03. The van der Waals surface area contributed by atoms with Crippen molar-refractivity contribution in [2.45, 2.75) is 13.0 Å². The van der Waals surface area contributed by atoms with Crippen molar-refractivity contribution < 1.29 is 4.74 Å². The third-order valence-corrected chi connectivity index (χ3v) is 2.48. The summed E-state index contributed by atoms with van der Waals surface area (Å²) in [6.07, 6.45) is 3.78. The Balaban J connectivity index is 2.47. The summed E-state index contributed by atoms with van der Waals surface area (Å²) in [5, 5.41) is 4.22. The number of hydrogen-bond acceptors (Lipinski definition) is 2. The Kier molecular flexibility index (Phi) is 2.83. The fourth-order valence-corrected chi connectivity index (χ4v) is 1.58. The summed E-state index contributed by atoms with van der Waals surface area (Å²) in [4.78, 5) is 0. The Morgan fingerprint density at radius 1 is 1.27 bits per heavy atom. The molecular formula is C12H14N2O. The molecule has 0 aliphatic heterocycles. The van der Waals surface area contributed by atoms with E-state index in [0.29, 0.717) is 0 Å². The molecule has 0 amide bonds. The van der Waals surface area contributed by atoms with E-state index in [1.54, 1.807) is 13.3 Å². The van der Waals surface area contributed by atoms with Gasteiger partial charge in [-0.15, -0.1) is 0 Å². The standard InChI is InChI=1S/C12H14N2O/c1-10(15-2)11-6-3-4-7-12(11)14-9-5-8-13-14/h3-10H,1-2H3. The second kappa shape index (κ2) is 4.28. The van der Waals surface area contributed by atoms with E-state index in [1.165, 1.54) is 0 Å². The lowest BCUT2D eigenvalue weighted by Crippen LogP contribution is -2.04. The summed E-state index contributed by atoms with van der Waals surface area (Å²) in [7, 11) is 1.71. The van der Waals surface area contributed by atoms with Gasteiger partial charge in [-0.25, -0.2) is 4.68 Å². The van der Waals surface area contributed by atoms with Gasteiger partial charge >= 0.3 is 0 Å². The lowest BCUT2D eigenvalue weighted by Gasteiger charge is -2.14. The largest absolute Gasteiger partial charge is 0.377 e. The molecule has 0 N–H and O–H groups in total. The van der Waals surface area contributed by atoms with Crippen LogP contribution < -0.4 is 0 Å². The minimum absolute atomic E-state index is 0.0744. The van der Waals surface area contributed by atoms with Crippen LogP contribution in [0.4, 0.5) is 0 Å². The first-order valence-electron chi connectivity index (χ1n) is 4.94. The van der Waals surface area contributed by atoms with Crippen LogP contribution in [-0.4, -0.2) is 16.9 Å². The molecule has 0 bridgehead atoms. The zero-order valence-corrected chi connectivity index (χ0v) is 8.92. The van der Waals surface area contributed by atoms with Crippen LogP contribution >= 0.6 is 0 Å². The van der Waals surface area contributed by atoms with Crippen LogP contribution in [0.3, 0.4) is 0 Å². The number of hydrogen-bond donors (Lipinski definition) is 0. The van der Waals surface area contributed by atoms with Crippen molar-refractivity contribution in [1.29, 1.82) is 0 Å². The first-order chi connectivity index (χ1) is 7.33. The average Bonchev–Trinajstić information content (AvgIpc) is 2.81. The maximum Gasteiger partial charge on any atom is 0.0813 e. The summed E-state index contributed by atoms with van der Waals surface area (Å²) in [5.41, 5.74) is 2.21. The van der Waals surface area contributed by atoms with E-state index >= 15 is 0 Å². The van der Waals surface area contributed by atoms with Gasteiger partial charge in [0.05, 0.1) is 11.8 Å². The smallest absolute Gasteiger partial charge is 0.0813 e. The topological polar surface area (TPSA) is 27.1 Å². The molecule has 0 fully saturated rings. The van der Waals surface area contributed by atoms with E-state index in [-0.39, 0.29) is 6.10 Å². The van der Waals surface area contributed by atoms with E-state index < -0.39 is 0 Å². The van der Waals surface area contributed by atoms with Crippen LogP contribution in [0.25, 0.3) is 5.69 Å². The van der Waals surface area contributed by atoms with E-state index in [0.717, 1.165) is 11.3 Å². The summed E-state index contributed by atoms with van der Waals surface area (Å²) in [5.74, 6) is 0. The van der Waals surface area contributed by atoms with Crippen molar-refractivity contribution in [3.8, 4) is 5.69 Å². The number of nitrogens with zero attached hydrogens (tertiary/aromatic N) is 2. The van der Waals surface area contributed by atoms with Gasteiger partial charge in [0.1, 0.15) is 0 Å². The van der Waals surface area contributed by atoms with Gasteiger partial charge in [0.15, 0.2) is 0 Å². The quantitative estimate of drug-likeness (QED) is 0.764. The monoisotopic (exact) mass is 202 g/mol. The van der Waals surface area contributed by atoms with E-state index in [2.05, 4.69) is 11.2 Å². The van der Waals surface area contributed by atoms with Crippen molar-refractivity contribution in [2.75, 3.05) is 7.11 Å².